The molecule has 3 nitrogen and oxygen atoms in total. The zero-order valence-corrected chi connectivity index (χ0v) is 8.81. The fraction of sp³-hybridized carbons (Fsp3) is 0.500. The van der Waals surface area contributed by atoms with Gasteiger partial charge in [0, 0.05) is 12.7 Å². The Morgan fingerprint density at radius 2 is 2.13 bits per heavy atom. The quantitative estimate of drug-likeness (QED) is 0.745. The Balaban J connectivity index is 2.21. The third-order valence-corrected chi connectivity index (χ3v) is 2.94. The second-order valence-corrected chi connectivity index (χ2v) is 4.15. The minimum absolute atomic E-state index is 0.108. The van der Waals surface area contributed by atoms with E-state index in [1.165, 1.54) is 6.07 Å². The Morgan fingerprint density at radius 3 is 2.80 bits per heavy atom. The maximum Gasteiger partial charge on any atom is 0.122 e. The molecule has 15 heavy (non-hydrogen) atoms. The van der Waals surface area contributed by atoms with E-state index in [1.807, 2.05) is 6.92 Å². The predicted octanol–water partition coefficient (Wildman–Crippen LogP) is 2.38. The molecule has 2 rings (SSSR count). The summed E-state index contributed by atoms with van der Waals surface area (Å²) < 4.78 is 5.46. The number of benzene rings is 1. The summed E-state index contributed by atoms with van der Waals surface area (Å²) in [5.74, 6) is 0.639. The largest absolute Gasteiger partial charge is 0.508 e. The van der Waals surface area contributed by atoms with Crippen molar-refractivity contribution in [3.63, 3.8) is 0 Å². The van der Waals surface area contributed by atoms with Gasteiger partial charge in [-0.05, 0) is 37.3 Å². The van der Waals surface area contributed by atoms with Crippen LogP contribution >= 0.6 is 0 Å². The van der Waals surface area contributed by atoms with E-state index < -0.39 is 0 Å². The van der Waals surface area contributed by atoms with Gasteiger partial charge < -0.3 is 14.9 Å². The number of hydrogen-bond donors (Lipinski definition) is 2. The van der Waals surface area contributed by atoms with Gasteiger partial charge in [-0.1, -0.05) is 6.07 Å². The average Bonchev–Trinajstić information content (AvgIpc) is 2.17. The van der Waals surface area contributed by atoms with Gasteiger partial charge in [-0.3, -0.25) is 0 Å². The maximum atomic E-state index is 9.73. The summed E-state index contributed by atoms with van der Waals surface area (Å²) in [6.07, 6.45) is 2.11. The van der Waals surface area contributed by atoms with Gasteiger partial charge >= 0.3 is 0 Å². The minimum atomic E-state index is 0.108. The smallest absolute Gasteiger partial charge is 0.122 e. The Bertz CT molecular complexity index is 349. The first-order chi connectivity index (χ1) is 7.16. The van der Waals surface area contributed by atoms with E-state index in [4.69, 9.17) is 4.74 Å². The molecule has 0 spiro atoms. The van der Waals surface area contributed by atoms with Crippen molar-refractivity contribution >= 4 is 0 Å². The SMILES string of the molecule is C[C@H]1C[C@H](c2ccc(O)cc2O)CCO1. The summed E-state index contributed by atoms with van der Waals surface area (Å²) in [6, 6.07) is 4.82. The van der Waals surface area contributed by atoms with Crippen molar-refractivity contribution in [2.45, 2.75) is 31.8 Å². The lowest BCUT2D eigenvalue weighted by atomic mass is 9.88. The molecule has 3 heteroatoms. The molecule has 2 atom stereocenters. The van der Waals surface area contributed by atoms with Crippen molar-refractivity contribution in [3.8, 4) is 11.5 Å². The normalized spacial score (nSPS) is 26.5. The van der Waals surface area contributed by atoms with Crippen LogP contribution in [0, 0.1) is 0 Å². The third-order valence-electron chi connectivity index (χ3n) is 2.94. The third kappa shape index (κ3) is 2.23. The molecule has 1 aromatic rings. The first-order valence-corrected chi connectivity index (χ1v) is 5.30. The van der Waals surface area contributed by atoms with Crippen LogP contribution in [0.2, 0.25) is 0 Å². The molecular weight excluding hydrogens is 192 g/mol. The molecule has 0 unspecified atom stereocenters. The lowest BCUT2D eigenvalue weighted by Crippen LogP contribution is -2.21. The topological polar surface area (TPSA) is 49.7 Å². The number of phenolic OH excluding ortho intramolecular Hbond substituents is 2. The second kappa shape index (κ2) is 4.11. The van der Waals surface area contributed by atoms with Crippen LogP contribution in [0.1, 0.15) is 31.2 Å². The molecule has 0 aromatic heterocycles. The van der Waals surface area contributed by atoms with E-state index in [2.05, 4.69) is 0 Å². The molecule has 82 valence electrons. The maximum absolute atomic E-state index is 9.73. The van der Waals surface area contributed by atoms with Crippen LogP contribution in [0.5, 0.6) is 11.5 Å². The summed E-state index contributed by atoms with van der Waals surface area (Å²) in [6.45, 7) is 2.79. The van der Waals surface area contributed by atoms with Gasteiger partial charge in [0.05, 0.1) is 6.10 Å². The number of rotatable bonds is 1. The van der Waals surface area contributed by atoms with Gasteiger partial charge in [-0.2, -0.15) is 0 Å². The van der Waals surface area contributed by atoms with Crippen LogP contribution in [-0.4, -0.2) is 22.9 Å². The summed E-state index contributed by atoms with van der Waals surface area (Å²) >= 11 is 0. The van der Waals surface area contributed by atoms with Gasteiger partial charge in [0.25, 0.3) is 0 Å². The lowest BCUT2D eigenvalue weighted by Gasteiger charge is -2.27. The monoisotopic (exact) mass is 208 g/mol. The highest BCUT2D eigenvalue weighted by atomic mass is 16.5. The highest BCUT2D eigenvalue weighted by molar-refractivity contribution is 5.41. The van der Waals surface area contributed by atoms with E-state index in [0.717, 1.165) is 25.0 Å². The van der Waals surface area contributed by atoms with Crippen molar-refractivity contribution in [3.05, 3.63) is 23.8 Å². The summed E-state index contributed by atoms with van der Waals surface area (Å²) in [4.78, 5) is 0. The average molecular weight is 208 g/mol. The number of hydrogen-bond acceptors (Lipinski definition) is 3. The van der Waals surface area contributed by atoms with Crippen LogP contribution in [-0.2, 0) is 4.74 Å². The first kappa shape index (κ1) is 10.3. The number of aromatic hydroxyl groups is 2. The molecule has 2 N–H and O–H groups in total. The van der Waals surface area contributed by atoms with Gasteiger partial charge in [0.2, 0.25) is 0 Å². The van der Waals surface area contributed by atoms with Crippen LogP contribution in [0.3, 0.4) is 0 Å². The van der Waals surface area contributed by atoms with Crippen LogP contribution in [0.4, 0.5) is 0 Å². The summed E-state index contributed by atoms with van der Waals surface area (Å²) in [7, 11) is 0. The Hall–Kier alpha value is -1.22. The molecule has 1 fully saturated rings. The lowest BCUT2D eigenvalue weighted by molar-refractivity contribution is 0.0183. The van der Waals surface area contributed by atoms with Gasteiger partial charge in [0.15, 0.2) is 0 Å². The fourth-order valence-electron chi connectivity index (χ4n) is 2.16. The zero-order valence-electron chi connectivity index (χ0n) is 8.81. The van der Waals surface area contributed by atoms with Crippen molar-refractivity contribution in [1.82, 2.24) is 0 Å². The van der Waals surface area contributed by atoms with Crippen molar-refractivity contribution in [2.75, 3.05) is 6.61 Å². The Morgan fingerprint density at radius 1 is 1.33 bits per heavy atom. The fourth-order valence-corrected chi connectivity index (χ4v) is 2.16. The first-order valence-electron chi connectivity index (χ1n) is 5.30. The summed E-state index contributed by atoms with van der Waals surface area (Å²) in [5, 5.41) is 18.9. The highest BCUT2D eigenvalue weighted by Gasteiger charge is 2.23. The second-order valence-electron chi connectivity index (χ2n) is 4.15. The molecule has 0 saturated carbocycles. The zero-order chi connectivity index (χ0) is 10.8. The van der Waals surface area contributed by atoms with E-state index in [9.17, 15) is 10.2 Å². The molecule has 1 aromatic carbocycles. The molecule has 1 aliphatic heterocycles. The Labute approximate surface area is 89.3 Å². The molecule has 1 heterocycles. The summed E-state index contributed by atoms with van der Waals surface area (Å²) in [5.41, 5.74) is 0.919. The highest BCUT2D eigenvalue weighted by Crippen LogP contribution is 2.36. The number of ether oxygens (including phenoxy) is 1. The van der Waals surface area contributed by atoms with Crippen LogP contribution < -0.4 is 0 Å². The predicted molar refractivity (Wildman–Crippen MR) is 57.2 cm³/mol. The van der Waals surface area contributed by atoms with Crippen molar-refractivity contribution in [2.24, 2.45) is 0 Å². The van der Waals surface area contributed by atoms with E-state index in [-0.39, 0.29) is 17.6 Å². The van der Waals surface area contributed by atoms with Crippen LogP contribution in [0.25, 0.3) is 0 Å². The van der Waals surface area contributed by atoms with Crippen LogP contribution in [0.15, 0.2) is 18.2 Å². The minimum Gasteiger partial charge on any atom is -0.508 e. The van der Waals surface area contributed by atoms with Gasteiger partial charge in [0.1, 0.15) is 11.5 Å². The molecule has 1 aliphatic rings. The molecular formula is C12H16O3. The molecule has 0 bridgehead atoms. The van der Waals surface area contributed by atoms with Gasteiger partial charge in [-0.15, -0.1) is 0 Å². The molecule has 1 saturated heterocycles. The van der Waals surface area contributed by atoms with Crippen molar-refractivity contribution < 1.29 is 14.9 Å². The molecule has 0 amide bonds. The standard InChI is InChI=1S/C12H16O3/c1-8-6-9(4-5-15-8)11-3-2-10(13)7-12(11)14/h2-3,7-9,13-14H,4-6H2,1H3/t8-,9+/m0/s1. The molecule has 0 radical (unpaired) electrons. The van der Waals surface area contributed by atoms with Crippen molar-refractivity contribution in [1.29, 1.82) is 0 Å². The van der Waals surface area contributed by atoms with Gasteiger partial charge in [-0.25, -0.2) is 0 Å². The molecule has 0 aliphatic carbocycles. The Kier molecular flexibility index (Phi) is 2.82. The van der Waals surface area contributed by atoms with E-state index >= 15 is 0 Å². The number of phenols is 2. The van der Waals surface area contributed by atoms with E-state index in [0.29, 0.717) is 5.92 Å². The van der Waals surface area contributed by atoms with E-state index in [1.54, 1.807) is 12.1 Å².